The van der Waals surface area contributed by atoms with Crippen LogP contribution in [-0.4, -0.2) is 20.7 Å². The summed E-state index contributed by atoms with van der Waals surface area (Å²) in [6, 6.07) is 5.90. The lowest BCUT2D eigenvalue weighted by atomic mass is 9.99. The van der Waals surface area contributed by atoms with Gasteiger partial charge in [0.2, 0.25) is 0 Å². The van der Waals surface area contributed by atoms with Crippen LogP contribution in [0.3, 0.4) is 0 Å². The third kappa shape index (κ3) is 2.05. The molecule has 1 unspecified atom stereocenters. The number of pyridine rings is 1. The van der Waals surface area contributed by atoms with Crippen LogP contribution in [-0.2, 0) is 4.79 Å². The van der Waals surface area contributed by atoms with Crippen molar-refractivity contribution in [3.63, 3.8) is 0 Å². The van der Waals surface area contributed by atoms with Crippen LogP contribution in [0.25, 0.3) is 5.52 Å². The molecule has 0 aromatic carbocycles. The topological polar surface area (TPSA) is 54.6 Å². The van der Waals surface area contributed by atoms with Gasteiger partial charge in [0.1, 0.15) is 0 Å². The molecule has 0 radical (unpaired) electrons. The van der Waals surface area contributed by atoms with Crippen molar-refractivity contribution in [2.24, 2.45) is 0 Å². The van der Waals surface area contributed by atoms with E-state index in [-0.39, 0.29) is 12.3 Å². The normalized spacial score (nSPS) is 12.9. The third-order valence-electron chi connectivity index (χ3n) is 2.66. The van der Waals surface area contributed by atoms with Gasteiger partial charge in [-0.25, -0.2) is 4.52 Å². The van der Waals surface area contributed by atoms with Crippen molar-refractivity contribution in [1.82, 2.24) is 9.61 Å². The van der Waals surface area contributed by atoms with Crippen LogP contribution in [0.4, 0.5) is 0 Å². The van der Waals surface area contributed by atoms with E-state index in [1.54, 1.807) is 4.52 Å². The zero-order valence-corrected chi connectivity index (χ0v) is 9.34. The van der Waals surface area contributed by atoms with Crippen LogP contribution in [0, 0.1) is 6.92 Å². The van der Waals surface area contributed by atoms with Gasteiger partial charge in [0, 0.05) is 6.20 Å². The molecular formula is C12H14N2O2. The first-order valence-corrected chi connectivity index (χ1v) is 5.24. The molecule has 2 aromatic rings. The maximum Gasteiger partial charge on any atom is 0.303 e. The molecule has 0 amide bonds. The Morgan fingerprint density at radius 3 is 3.00 bits per heavy atom. The van der Waals surface area contributed by atoms with Gasteiger partial charge in [-0.1, -0.05) is 6.92 Å². The Bertz CT molecular complexity index is 531. The van der Waals surface area contributed by atoms with Crippen molar-refractivity contribution >= 4 is 11.5 Å². The van der Waals surface area contributed by atoms with Crippen LogP contribution in [0.15, 0.2) is 24.4 Å². The summed E-state index contributed by atoms with van der Waals surface area (Å²) in [6.07, 6.45) is 2.03. The molecule has 0 saturated heterocycles. The van der Waals surface area contributed by atoms with Crippen LogP contribution in [0.2, 0.25) is 0 Å². The van der Waals surface area contributed by atoms with Gasteiger partial charge in [0.05, 0.1) is 17.6 Å². The van der Waals surface area contributed by atoms with Gasteiger partial charge >= 0.3 is 5.97 Å². The summed E-state index contributed by atoms with van der Waals surface area (Å²) in [7, 11) is 0. The molecule has 2 heterocycles. The minimum atomic E-state index is -0.767. The molecule has 16 heavy (non-hydrogen) atoms. The molecule has 0 fully saturated rings. The molecule has 0 aliphatic heterocycles. The average Bonchev–Trinajstić information content (AvgIpc) is 2.55. The van der Waals surface area contributed by atoms with E-state index in [2.05, 4.69) is 5.10 Å². The Labute approximate surface area is 93.5 Å². The molecule has 1 atom stereocenters. The highest BCUT2D eigenvalue weighted by Gasteiger charge is 2.10. The second-order valence-corrected chi connectivity index (χ2v) is 4.11. The molecule has 0 aliphatic carbocycles. The third-order valence-corrected chi connectivity index (χ3v) is 2.66. The molecule has 84 valence electrons. The van der Waals surface area contributed by atoms with Gasteiger partial charge in [-0.05, 0) is 36.6 Å². The number of hydrogen-bond acceptors (Lipinski definition) is 2. The van der Waals surface area contributed by atoms with Crippen molar-refractivity contribution in [3.05, 3.63) is 35.7 Å². The summed E-state index contributed by atoms with van der Waals surface area (Å²) in [6.45, 7) is 3.86. The standard InChI is InChI=1S/C12H14N2O2/c1-8(5-12(15)16)10-3-4-14-11(7-10)6-9(2)13-14/h3-4,6-8H,5H2,1-2H3,(H,15,16). The van der Waals surface area contributed by atoms with E-state index in [1.165, 1.54) is 0 Å². The van der Waals surface area contributed by atoms with Crippen molar-refractivity contribution in [2.75, 3.05) is 0 Å². The molecule has 0 spiro atoms. The Balaban J connectivity index is 2.34. The van der Waals surface area contributed by atoms with Gasteiger partial charge < -0.3 is 5.11 Å². The van der Waals surface area contributed by atoms with Crippen molar-refractivity contribution in [3.8, 4) is 0 Å². The lowest BCUT2D eigenvalue weighted by Crippen LogP contribution is -2.03. The summed E-state index contributed by atoms with van der Waals surface area (Å²) in [4.78, 5) is 10.6. The molecular weight excluding hydrogens is 204 g/mol. The molecule has 1 N–H and O–H groups in total. The maximum absolute atomic E-state index is 10.6. The van der Waals surface area contributed by atoms with E-state index in [0.717, 1.165) is 16.8 Å². The Hall–Kier alpha value is -1.84. The molecule has 4 nitrogen and oxygen atoms in total. The number of aromatic nitrogens is 2. The summed E-state index contributed by atoms with van der Waals surface area (Å²) in [5.41, 5.74) is 3.00. The van der Waals surface area contributed by atoms with Crippen molar-refractivity contribution in [2.45, 2.75) is 26.2 Å². The van der Waals surface area contributed by atoms with Crippen molar-refractivity contribution in [1.29, 1.82) is 0 Å². The van der Waals surface area contributed by atoms with Gasteiger partial charge in [-0.2, -0.15) is 5.10 Å². The van der Waals surface area contributed by atoms with Gasteiger partial charge in [0.25, 0.3) is 0 Å². The number of carbonyl (C=O) groups is 1. The van der Waals surface area contributed by atoms with E-state index in [1.807, 2.05) is 38.2 Å². The lowest BCUT2D eigenvalue weighted by molar-refractivity contribution is -0.137. The minimum absolute atomic E-state index is 0.0257. The fraction of sp³-hybridized carbons (Fsp3) is 0.333. The first kappa shape index (κ1) is 10.7. The molecule has 0 bridgehead atoms. The van der Waals surface area contributed by atoms with E-state index in [9.17, 15) is 4.79 Å². The monoisotopic (exact) mass is 218 g/mol. The maximum atomic E-state index is 10.6. The first-order valence-electron chi connectivity index (χ1n) is 5.24. The largest absolute Gasteiger partial charge is 0.481 e. The van der Waals surface area contributed by atoms with Gasteiger partial charge in [-0.3, -0.25) is 4.79 Å². The van der Waals surface area contributed by atoms with Gasteiger partial charge in [-0.15, -0.1) is 0 Å². The highest BCUT2D eigenvalue weighted by molar-refractivity contribution is 5.68. The number of carboxylic acids is 1. The predicted octanol–water partition coefficient (Wildman–Crippen LogP) is 2.22. The zero-order valence-electron chi connectivity index (χ0n) is 9.34. The first-order chi connectivity index (χ1) is 7.56. The van der Waals surface area contributed by atoms with Gasteiger partial charge in [0.15, 0.2) is 0 Å². The minimum Gasteiger partial charge on any atom is -0.481 e. The molecule has 2 rings (SSSR count). The average molecular weight is 218 g/mol. The fourth-order valence-corrected chi connectivity index (χ4v) is 1.83. The lowest BCUT2D eigenvalue weighted by Gasteiger charge is -2.08. The molecule has 0 saturated carbocycles. The Morgan fingerprint density at radius 1 is 1.56 bits per heavy atom. The zero-order chi connectivity index (χ0) is 11.7. The van der Waals surface area contributed by atoms with E-state index >= 15 is 0 Å². The highest BCUT2D eigenvalue weighted by atomic mass is 16.4. The molecule has 2 aromatic heterocycles. The van der Waals surface area contributed by atoms with E-state index < -0.39 is 5.97 Å². The van der Waals surface area contributed by atoms with Crippen LogP contribution in [0.1, 0.15) is 30.5 Å². The number of fused-ring (bicyclic) bond motifs is 1. The van der Waals surface area contributed by atoms with Crippen molar-refractivity contribution < 1.29 is 9.90 Å². The number of nitrogens with zero attached hydrogens (tertiary/aromatic N) is 2. The summed E-state index contributed by atoms with van der Waals surface area (Å²) in [5.74, 6) is -0.741. The quantitative estimate of drug-likeness (QED) is 0.859. The highest BCUT2D eigenvalue weighted by Crippen LogP contribution is 2.20. The number of rotatable bonds is 3. The molecule has 4 heteroatoms. The fourth-order valence-electron chi connectivity index (χ4n) is 1.83. The van der Waals surface area contributed by atoms with Crippen LogP contribution < -0.4 is 0 Å². The second kappa shape index (κ2) is 3.96. The number of hydrogen-bond donors (Lipinski definition) is 1. The smallest absolute Gasteiger partial charge is 0.303 e. The number of aliphatic carboxylic acids is 1. The summed E-state index contributed by atoms with van der Waals surface area (Å²) < 4.78 is 1.80. The second-order valence-electron chi connectivity index (χ2n) is 4.11. The van der Waals surface area contributed by atoms with E-state index in [4.69, 9.17) is 5.11 Å². The Morgan fingerprint density at radius 2 is 2.31 bits per heavy atom. The summed E-state index contributed by atoms with van der Waals surface area (Å²) in [5, 5.41) is 13.0. The van der Waals surface area contributed by atoms with Crippen LogP contribution in [0.5, 0.6) is 0 Å². The van der Waals surface area contributed by atoms with Crippen LogP contribution >= 0.6 is 0 Å². The van der Waals surface area contributed by atoms with E-state index in [0.29, 0.717) is 0 Å². The number of carboxylic acid groups (broad SMARTS) is 1. The summed E-state index contributed by atoms with van der Waals surface area (Å²) >= 11 is 0. The Kier molecular flexibility index (Phi) is 2.64. The number of aryl methyl sites for hydroxylation is 1. The molecule has 0 aliphatic rings. The SMILES string of the molecule is Cc1cc2cc(C(C)CC(=O)O)ccn2n1. The predicted molar refractivity (Wildman–Crippen MR) is 60.6 cm³/mol.